The van der Waals surface area contributed by atoms with Crippen LogP contribution in [0.3, 0.4) is 0 Å². The van der Waals surface area contributed by atoms with Crippen molar-refractivity contribution in [3.63, 3.8) is 0 Å². The Labute approximate surface area is 73.5 Å². The minimum Gasteiger partial charge on any atom is -0.305 e. The molecule has 0 aromatic carbocycles. The van der Waals surface area contributed by atoms with Crippen molar-refractivity contribution >= 4 is 5.91 Å². The summed E-state index contributed by atoms with van der Waals surface area (Å²) in [4.78, 5) is 12.9. The third kappa shape index (κ3) is 2.46. The molecule has 0 spiro atoms. The summed E-state index contributed by atoms with van der Waals surface area (Å²) in [5, 5.41) is 1.98. The molecule has 1 unspecified atom stereocenters. The Morgan fingerprint density at radius 1 is 1.58 bits per heavy atom. The van der Waals surface area contributed by atoms with Crippen molar-refractivity contribution in [2.75, 3.05) is 27.2 Å². The molecule has 0 radical (unpaired) electrons. The van der Waals surface area contributed by atoms with Crippen LogP contribution in [0.1, 0.15) is 13.3 Å². The van der Waals surface area contributed by atoms with Gasteiger partial charge >= 0.3 is 0 Å². The summed E-state index contributed by atoms with van der Waals surface area (Å²) < 4.78 is 0. The minimum atomic E-state index is 0.0226. The monoisotopic (exact) mass is 171 g/mol. The highest BCUT2D eigenvalue weighted by atomic mass is 16.2. The van der Waals surface area contributed by atoms with Gasteiger partial charge in [0.15, 0.2) is 0 Å². The summed E-state index contributed by atoms with van der Waals surface area (Å²) in [5.41, 5.74) is 2.79. The normalized spacial score (nSPS) is 24.8. The maximum Gasteiger partial charge on any atom is 0.231 e. The van der Waals surface area contributed by atoms with Gasteiger partial charge in [-0.1, -0.05) is 0 Å². The van der Waals surface area contributed by atoms with Crippen LogP contribution >= 0.6 is 0 Å². The highest BCUT2D eigenvalue weighted by molar-refractivity contribution is 5.72. The van der Waals surface area contributed by atoms with Crippen molar-refractivity contribution in [3.05, 3.63) is 0 Å². The molecule has 1 aliphatic rings. The van der Waals surface area contributed by atoms with E-state index >= 15 is 0 Å². The van der Waals surface area contributed by atoms with Gasteiger partial charge in [-0.25, -0.2) is 5.01 Å². The number of nitrogens with zero attached hydrogens (tertiary/aromatic N) is 2. The van der Waals surface area contributed by atoms with Crippen molar-refractivity contribution in [1.29, 1.82) is 0 Å². The molecule has 1 atom stereocenters. The number of rotatable bonds is 2. The maximum absolute atomic E-state index is 10.7. The molecule has 1 fully saturated rings. The van der Waals surface area contributed by atoms with Gasteiger partial charge in [-0.3, -0.25) is 10.2 Å². The lowest BCUT2D eigenvalue weighted by Crippen LogP contribution is -2.41. The van der Waals surface area contributed by atoms with Crippen LogP contribution in [-0.2, 0) is 4.79 Å². The second kappa shape index (κ2) is 3.87. The van der Waals surface area contributed by atoms with Crippen LogP contribution in [0.2, 0.25) is 0 Å². The van der Waals surface area contributed by atoms with E-state index in [0.717, 1.165) is 19.5 Å². The summed E-state index contributed by atoms with van der Waals surface area (Å²) in [6.07, 6.45) is 1.13. The molecule has 0 aliphatic carbocycles. The molecule has 70 valence electrons. The standard InChI is InChI=1S/C8H17N3O/c1-7(12)9-11-5-4-8(6-11)10(2)3/h8H,4-6H2,1-3H3,(H,9,12). The molecule has 0 saturated carbocycles. The van der Waals surface area contributed by atoms with Crippen LogP contribution in [0.4, 0.5) is 0 Å². The molecule has 1 aliphatic heterocycles. The fourth-order valence-electron chi connectivity index (χ4n) is 1.49. The molecule has 1 amide bonds. The highest BCUT2D eigenvalue weighted by Crippen LogP contribution is 2.10. The molecule has 0 bridgehead atoms. The Balaban J connectivity index is 2.30. The Hall–Kier alpha value is -0.610. The van der Waals surface area contributed by atoms with E-state index in [2.05, 4.69) is 24.4 Å². The third-order valence-electron chi connectivity index (χ3n) is 2.21. The Bertz CT molecular complexity index is 170. The second-order valence-electron chi connectivity index (χ2n) is 3.52. The zero-order valence-corrected chi connectivity index (χ0v) is 8.00. The largest absolute Gasteiger partial charge is 0.305 e. The Kier molecular flexibility index (Phi) is 3.05. The smallest absolute Gasteiger partial charge is 0.231 e. The first-order chi connectivity index (χ1) is 5.59. The summed E-state index contributed by atoms with van der Waals surface area (Å²) in [7, 11) is 4.14. The van der Waals surface area contributed by atoms with E-state index in [0.29, 0.717) is 6.04 Å². The average Bonchev–Trinajstić information content (AvgIpc) is 2.34. The summed E-state index contributed by atoms with van der Waals surface area (Å²) in [5.74, 6) is 0.0226. The molecule has 1 rings (SSSR count). The molecule has 4 heteroatoms. The topological polar surface area (TPSA) is 35.6 Å². The van der Waals surface area contributed by atoms with Gasteiger partial charge in [-0.05, 0) is 20.5 Å². The van der Waals surface area contributed by atoms with E-state index in [1.807, 2.05) is 5.01 Å². The second-order valence-corrected chi connectivity index (χ2v) is 3.52. The number of carbonyl (C=O) groups excluding carboxylic acids is 1. The third-order valence-corrected chi connectivity index (χ3v) is 2.21. The van der Waals surface area contributed by atoms with E-state index < -0.39 is 0 Å². The number of amides is 1. The number of hydrogen-bond donors (Lipinski definition) is 1. The molecule has 1 N–H and O–H groups in total. The van der Waals surface area contributed by atoms with Gasteiger partial charge in [0.25, 0.3) is 0 Å². The summed E-state index contributed by atoms with van der Waals surface area (Å²) in [6, 6.07) is 0.580. The number of hydrogen-bond acceptors (Lipinski definition) is 3. The van der Waals surface area contributed by atoms with Gasteiger partial charge in [0.05, 0.1) is 0 Å². The van der Waals surface area contributed by atoms with E-state index in [-0.39, 0.29) is 5.91 Å². The first-order valence-electron chi connectivity index (χ1n) is 4.28. The van der Waals surface area contributed by atoms with Crippen molar-refractivity contribution in [3.8, 4) is 0 Å². The predicted octanol–water partition coefficient (Wildman–Crippen LogP) is -0.327. The number of nitrogens with one attached hydrogen (secondary N) is 1. The SMILES string of the molecule is CC(=O)NN1CCC(N(C)C)C1. The van der Waals surface area contributed by atoms with Gasteiger partial charge in [-0.2, -0.15) is 0 Å². The quantitative estimate of drug-likeness (QED) is 0.618. The van der Waals surface area contributed by atoms with Crippen molar-refractivity contribution < 1.29 is 4.79 Å². The zero-order valence-electron chi connectivity index (χ0n) is 8.00. The van der Waals surface area contributed by atoms with Crippen molar-refractivity contribution in [2.45, 2.75) is 19.4 Å². The van der Waals surface area contributed by atoms with E-state index in [9.17, 15) is 4.79 Å². The van der Waals surface area contributed by atoms with E-state index in [1.54, 1.807) is 6.92 Å². The molecular formula is C8H17N3O. The van der Waals surface area contributed by atoms with Gasteiger partial charge in [-0.15, -0.1) is 0 Å². The molecular weight excluding hydrogens is 154 g/mol. The lowest BCUT2D eigenvalue weighted by molar-refractivity contribution is -0.123. The Morgan fingerprint density at radius 2 is 2.25 bits per heavy atom. The van der Waals surface area contributed by atoms with Crippen molar-refractivity contribution in [2.24, 2.45) is 0 Å². The van der Waals surface area contributed by atoms with Gasteiger partial charge in [0, 0.05) is 26.1 Å². The summed E-state index contributed by atoms with van der Waals surface area (Å²) >= 11 is 0. The lowest BCUT2D eigenvalue weighted by Gasteiger charge is -2.20. The predicted molar refractivity (Wildman–Crippen MR) is 47.5 cm³/mol. The fourth-order valence-corrected chi connectivity index (χ4v) is 1.49. The first-order valence-corrected chi connectivity index (χ1v) is 4.28. The molecule has 0 aromatic rings. The van der Waals surface area contributed by atoms with Gasteiger partial charge in [0.2, 0.25) is 5.91 Å². The van der Waals surface area contributed by atoms with Crippen molar-refractivity contribution in [1.82, 2.24) is 15.3 Å². The molecule has 1 saturated heterocycles. The molecule has 1 heterocycles. The average molecular weight is 171 g/mol. The van der Waals surface area contributed by atoms with Crippen LogP contribution in [0.15, 0.2) is 0 Å². The van der Waals surface area contributed by atoms with Crippen LogP contribution in [-0.4, -0.2) is 49.0 Å². The number of carbonyl (C=O) groups is 1. The van der Waals surface area contributed by atoms with E-state index in [4.69, 9.17) is 0 Å². The van der Waals surface area contributed by atoms with Crippen LogP contribution in [0.25, 0.3) is 0 Å². The maximum atomic E-state index is 10.7. The van der Waals surface area contributed by atoms with Gasteiger partial charge in [0.1, 0.15) is 0 Å². The minimum absolute atomic E-state index is 0.0226. The lowest BCUT2D eigenvalue weighted by atomic mass is 10.2. The Morgan fingerprint density at radius 3 is 2.67 bits per heavy atom. The van der Waals surface area contributed by atoms with E-state index in [1.165, 1.54) is 0 Å². The fraction of sp³-hybridized carbons (Fsp3) is 0.875. The number of likely N-dealkylation sites (N-methyl/N-ethyl adjacent to an activating group) is 1. The van der Waals surface area contributed by atoms with Gasteiger partial charge < -0.3 is 4.90 Å². The van der Waals surface area contributed by atoms with Crippen LogP contribution in [0.5, 0.6) is 0 Å². The van der Waals surface area contributed by atoms with Crippen LogP contribution < -0.4 is 5.43 Å². The highest BCUT2D eigenvalue weighted by Gasteiger charge is 2.23. The summed E-state index contributed by atoms with van der Waals surface area (Å²) in [6.45, 7) is 3.44. The molecule has 4 nitrogen and oxygen atoms in total. The first kappa shape index (κ1) is 9.48. The van der Waals surface area contributed by atoms with Crippen LogP contribution in [0, 0.1) is 0 Å². The zero-order chi connectivity index (χ0) is 9.14. The molecule has 0 aromatic heterocycles. The molecule has 12 heavy (non-hydrogen) atoms. The number of hydrazine groups is 1.